The molecule has 2 aromatic carbocycles. The molecule has 1 aromatic heterocycles. The lowest BCUT2D eigenvalue weighted by Gasteiger charge is -2.23. The molecule has 1 atom stereocenters. The van der Waals surface area contributed by atoms with Crippen LogP contribution in [-0.2, 0) is 16.1 Å². The van der Waals surface area contributed by atoms with Crippen molar-refractivity contribution >= 4 is 28.5 Å². The molecule has 6 nitrogen and oxygen atoms in total. The number of hydrogen-bond acceptors (Lipinski definition) is 3. The minimum Gasteiger partial charge on any atom is -0.350 e. The van der Waals surface area contributed by atoms with E-state index in [4.69, 9.17) is 0 Å². The summed E-state index contributed by atoms with van der Waals surface area (Å²) >= 11 is 0. The first-order valence-electron chi connectivity index (χ1n) is 10.3. The van der Waals surface area contributed by atoms with Crippen molar-refractivity contribution in [1.82, 2.24) is 14.9 Å². The second-order valence-corrected chi connectivity index (χ2v) is 8.13. The predicted molar refractivity (Wildman–Crippen MR) is 113 cm³/mol. The van der Waals surface area contributed by atoms with E-state index in [0.29, 0.717) is 24.0 Å². The van der Waals surface area contributed by atoms with Crippen molar-refractivity contribution in [1.29, 1.82) is 0 Å². The zero-order valence-electron chi connectivity index (χ0n) is 17.4. The van der Waals surface area contributed by atoms with Crippen LogP contribution in [0.25, 0.3) is 11.0 Å². The molecule has 0 radical (unpaired) electrons. The summed E-state index contributed by atoms with van der Waals surface area (Å²) in [6, 6.07) is 9.00. The maximum absolute atomic E-state index is 13.8. The summed E-state index contributed by atoms with van der Waals surface area (Å²) in [6.45, 7) is 4.82. The minimum absolute atomic E-state index is 0.103. The van der Waals surface area contributed by atoms with Crippen LogP contribution in [0.3, 0.4) is 0 Å². The number of carbonyl (C=O) groups is 2. The van der Waals surface area contributed by atoms with Crippen LogP contribution in [0.5, 0.6) is 0 Å². The lowest BCUT2D eigenvalue weighted by atomic mass is 10.0. The first-order valence-corrected chi connectivity index (χ1v) is 10.3. The van der Waals surface area contributed by atoms with Gasteiger partial charge in [-0.1, -0.05) is 26.0 Å². The van der Waals surface area contributed by atoms with E-state index in [1.54, 1.807) is 9.47 Å². The third-order valence-corrected chi connectivity index (χ3v) is 5.60. The number of nitrogens with zero attached hydrogens (tertiary/aromatic N) is 3. The highest BCUT2D eigenvalue weighted by molar-refractivity contribution is 5.95. The molecule has 1 unspecified atom stereocenters. The standard InChI is InChI=1S/C23H24F2N4O2/c1-14(2)22(29-13-27-19-10-17(24)18(25)11-20(19)29)23(31)26-12-15-5-7-16(8-6-15)28-9-3-4-21(28)30/h5-8,10-11,13-14,22H,3-4,9,12H2,1-2H3,(H,26,31). The smallest absolute Gasteiger partial charge is 0.243 e. The average molecular weight is 426 g/mol. The Labute approximate surface area is 178 Å². The lowest BCUT2D eigenvalue weighted by molar-refractivity contribution is -0.125. The molecule has 4 rings (SSSR count). The summed E-state index contributed by atoms with van der Waals surface area (Å²) in [5.41, 5.74) is 2.42. The van der Waals surface area contributed by atoms with Crippen LogP contribution in [0.15, 0.2) is 42.7 Å². The normalized spacial score (nSPS) is 15.1. The van der Waals surface area contributed by atoms with Gasteiger partial charge in [0, 0.05) is 37.3 Å². The van der Waals surface area contributed by atoms with Crippen LogP contribution in [-0.4, -0.2) is 27.9 Å². The van der Waals surface area contributed by atoms with Crippen LogP contribution >= 0.6 is 0 Å². The molecule has 8 heteroatoms. The number of fused-ring (bicyclic) bond motifs is 1. The highest BCUT2D eigenvalue weighted by Gasteiger charge is 2.26. The van der Waals surface area contributed by atoms with E-state index in [1.165, 1.54) is 6.33 Å². The molecule has 1 saturated heterocycles. The summed E-state index contributed by atoms with van der Waals surface area (Å²) < 4.78 is 28.9. The third-order valence-electron chi connectivity index (χ3n) is 5.60. The van der Waals surface area contributed by atoms with E-state index < -0.39 is 17.7 Å². The van der Waals surface area contributed by atoms with Gasteiger partial charge in [0.05, 0.1) is 17.4 Å². The second kappa shape index (κ2) is 8.45. The Balaban J connectivity index is 1.49. The molecule has 1 aliphatic rings. The molecule has 2 amide bonds. The summed E-state index contributed by atoms with van der Waals surface area (Å²) in [5.74, 6) is -2.16. The number of halogens is 2. The largest absolute Gasteiger partial charge is 0.350 e. The van der Waals surface area contributed by atoms with E-state index in [1.807, 2.05) is 38.1 Å². The number of carbonyl (C=O) groups excluding carboxylic acids is 2. The molecule has 2 heterocycles. The quantitative estimate of drug-likeness (QED) is 0.649. The Morgan fingerprint density at radius 1 is 1.16 bits per heavy atom. The van der Waals surface area contributed by atoms with Crippen molar-refractivity contribution in [3.63, 3.8) is 0 Å². The fourth-order valence-corrected chi connectivity index (χ4v) is 4.00. The van der Waals surface area contributed by atoms with Gasteiger partial charge >= 0.3 is 0 Å². The molecular weight excluding hydrogens is 402 g/mol. The molecule has 31 heavy (non-hydrogen) atoms. The van der Waals surface area contributed by atoms with Gasteiger partial charge in [-0.15, -0.1) is 0 Å². The number of imidazole rings is 1. The van der Waals surface area contributed by atoms with Crippen molar-refractivity contribution in [2.75, 3.05) is 11.4 Å². The summed E-state index contributed by atoms with van der Waals surface area (Å²) in [7, 11) is 0. The molecule has 1 fully saturated rings. The van der Waals surface area contributed by atoms with E-state index in [0.717, 1.165) is 36.3 Å². The van der Waals surface area contributed by atoms with E-state index >= 15 is 0 Å². The summed E-state index contributed by atoms with van der Waals surface area (Å²) in [6.07, 6.45) is 2.89. The van der Waals surface area contributed by atoms with Gasteiger partial charge in [-0.2, -0.15) is 0 Å². The Morgan fingerprint density at radius 3 is 2.52 bits per heavy atom. The van der Waals surface area contributed by atoms with Crippen molar-refractivity contribution in [3.05, 3.63) is 59.9 Å². The first-order chi connectivity index (χ1) is 14.8. The predicted octanol–water partition coefficient (Wildman–Crippen LogP) is 3.95. The van der Waals surface area contributed by atoms with Gasteiger partial charge < -0.3 is 14.8 Å². The monoisotopic (exact) mass is 426 g/mol. The van der Waals surface area contributed by atoms with Gasteiger partial charge in [0.15, 0.2) is 11.6 Å². The molecule has 3 aromatic rings. The van der Waals surface area contributed by atoms with Crippen molar-refractivity contribution in [2.45, 2.75) is 39.3 Å². The topological polar surface area (TPSA) is 67.2 Å². The maximum Gasteiger partial charge on any atom is 0.243 e. The highest BCUT2D eigenvalue weighted by atomic mass is 19.2. The number of anilines is 1. The molecule has 0 bridgehead atoms. The minimum atomic E-state index is -0.978. The Bertz CT molecular complexity index is 1120. The van der Waals surface area contributed by atoms with Gasteiger partial charge in [-0.05, 0) is 30.0 Å². The van der Waals surface area contributed by atoms with E-state index in [2.05, 4.69) is 10.3 Å². The fraction of sp³-hybridized carbons (Fsp3) is 0.348. The lowest BCUT2D eigenvalue weighted by Crippen LogP contribution is -2.35. The van der Waals surface area contributed by atoms with Crippen LogP contribution in [0.4, 0.5) is 14.5 Å². The molecular formula is C23H24F2N4O2. The number of rotatable bonds is 6. The van der Waals surface area contributed by atoms with Crippen molar-refractivity contribution < 1.29 is 18.4 Å². The average Bonchev–Trinajstić information content (AvgIpc) is 3.34. The number of amides is 2. The number of benzene rings is 2. The van der Waals surface area contributed by atoms with E-state index in [9.17, 15) is 18.4 Å². The van der Waals surface area contributed by atoms with Gasteiger partial charge in [0.1, 0.15) is 6.04 Å². The summed E-state index contributed by atoms with van der Waals surface area (Å²) in [4.78, 5) is 30.8. The van der Waals surface area contributed by atoms with Gasteiger partial charge in [0.25, 0.3) is 0 Å². The number of aromatic nitrogens is 2. The number of nitrogens with one attached hydrogen (secondary N) is 1. The van der Waals surface area contributed by atoms with Crippen LogP contribution < -0.4 is 10.2 Å². The van der Waals surface area contributed by atoms with Crippen LogP contribution in [0.2, 0.25) is 0 Å². The van der Waals surface area contributed by atoms with Crippen LogP contribution in [0, 0.1) is 17.6 Å². The molecule has 0 saturated carbocycles. The highest BCUT2D eigenvalue weighted by Crippen LogP contribution is 2.26. The van der Waals surface area contributed by atoms with Gasteiger partial charge in [0.2, 0.25) is 11.8 Å². The Morgan fingerprint density at radius 2 is 1.87 bits per heavy atom. The first kappa shape index (κ1) is 21.0. The van der Waals surface area contributed by atoms with E-state index in [-0.39, 0.29) is 17.7 Å². The molecule has 162 valence electrons. The van der Waals surface area contributed by atoms with Gasteiger partial charge in [-0.3, -0.25) is 9.59 Å². The molecule has 1 aliphatic heterocycles. The molecule has 0 spiro atoms. The zero-order chi connectivity index (χ0) is 22.1. The second-order valence-electron chi connectivity index (χ2n) is 8.13. The SMILES string of the molecule is CC(C)C(C(=O)NCc1ccc(N2CCCC2=O)cc1)n1cnc2cc(F)c(F)cc21. The van der Waals surface area contributed by atoms with Gasteiger partial charge in [-0.25, -0.2) is 13.8 Å². The molecule has 0 aliphatic carbocycles. The fourth-order valence-electron chi connectivity index (χ4n) is 4.00. The molecule has 1 N–H and O–H groups in total. The Kier molecular flexibility index (Phi) is 5.71. The number of hydrogen-bond donors (Lipinski definition) is 1. The Hall–Kier alpha value is -3.29. The zero-order valence-corrected chi connectivity index (χ0v) is 17.4. The van der Waals surface area contributed by atoms with Crippen molar-refractivity contribution in [2.24, 2.45) is 5.92 Å². The van der Waals surface area contributed by atoms with Crippen LogP contribution in [0.1, 0.15) is 38.3 Å². The van der Waals surface area contributed by atoms with Crippen molar-refractivity contribution in [3.8, 4) is 0 Å². The maximum atomic E-state index is 13.8. The summed E-state index contributed by atoms with van der Waals surface area (Å²) in [5, 5.41) is 2.92. The third kappa shape index (κ3) is 4.15.